The van der Waals surface area contributed by atoms with Gasteiger partial charge < -0.3 is 15.5 Å². The van der Waals surface area contributed by atoms with Crippen LogP contribution in [0, 0.1) is 0 Å². The van der Waals surface area contributed by atoms with Gasteiger partial charge in [0.25, 0.3) is 0 Å². The van der Waals surface area contributed by atoms with Crippen LogP contribution in [-0.4, -0.2) is 50.1 Å². The lowest BCUT2D eigenvalue weighted by Gasteiger charge is -2.36. The maximum Gasteiger partial charge on any atom is 0.230 e. The summed E-state index contributed by atoms with van der Waals surface area (Å²) in [4.78, 5) is 15.6. The van der Waals surface area contributed by atoms with Crippen LogP contribution >= 0.6 is 11.6 Å². The zero-order valence-corrected chi connectivity index (χ0v) is 15.8. The molecule has 1 aromatic carbocycles. The second kappa shape index (κ2) is 9.02. The maximum atomic E-state index is 13.1. The number of nitrogens with zero attached hydrogens (tertiary/aromatic N) is 1. The Bertz CT molecular complexity index is 549. The number of hydrogen-bond acceptors (Lipinski definition) is 3. The number of nitrogens with one attached hydrogen (secondary N) is 2. The van der Waals surface area contributed by atoms with Gasteiger partial charge >= 0.3 is 0 Å². The molecule has 2 N–H and O–H groups in total. The Hall–Kier alpha value is -1.10. The number of benzene rings is 1. The van der Waals surface area contributed by atoms with Gasteiger partial charge in [-0.2, -0.15) is 0 Å². The summed E-state index contributed by atoms with van der Waals surface area (Å²) in [5, 5.41) is 7.33. The number of carbonyl (C=O) groups is 1. The molecule has 0 unspecified atom stereocenters. The Labute approximate surface area is 156 Å². The molecule has 5 heteroatoms. The molecule has 2 aliphatic rings. The first kappa shape index (κ1) is 18.7. The van der Waals surface area contributed by atoms with E-state index < -0.39 is 0 Å². The van der Waals surface area contributed by atoms with Crippen LogP contribution in [-0.2, 0) is 10.2 Å². The van der Waals surface area contributed by atoms with Crippen molar-refractivity contribution in [1.29, 1.82) is 0 Å². The summed E-state index contributed by atoms with van der Waals surface area (Å²) in [5.74, 6) is 0.204. The van der Waals surface area contributed by atoms with Crippen molar-refractivity contribution < 1.29 is 4.79 Å². The minimum absolute atomic E-state index is 0.204. The molecule has 138 valence electrons. The third-order valence-electron chi connectivity index (χ3n) is 5.68. The Morgan fingerprint density at radius 2 is 1.80 bits per heavy atom. The number of amides is 1. The zero-order valence-electron chi connectivity index (χ0n) is 15.0. The van der Waals surface area contributed by atoms with Gasteiger partial charge in [0.05, 0.1) is 5.41 Å². The van der Waals surface area contributed by atoms with Crippen molar-refractivity contribution in [3.05, 3.63) is 34.9 Å². The summed E-state index contributed by atoms with van der Waals surface area (Å²) >= 11 is 6.04. The van der Waals surface area contributed by atoms with E-state index in [2.05, 4.69) is 15.5 Å². The highest BCUT2D eigenvalue weighted by atomic mass is 35.5. The van der Waals surface area contributed by atoms with Crippen molar-refractivity contribution in [2.75, 3.05) is 39.3 Å². The van der Waals surface area contributed by atoms with Gasteiger partial charge in [0.1, 0.15) is 0 Å². The largest absolute Gasteiger partial charge is 0.355 e. The van der Waals surface area contributed by atoms with E-state index in [1.54, 1.807) is 0 Å². The Morgan fingerprint density at radius 1 is 1.12 bits per heavy atom. The van der Waals surface area contributed by atoms with Crippen LogP contribution in [0.2, 0.25) is 5.02 Å². The maximum absolute atomic E-state index is 13.1. The van der Waals surface area contributed by atoms with Crippen molar-refractivity contribution >= 4 is 17.5 Å². The van der Waals surface area contributed by atoms with Crippen LogP contribution in [0.25, 0.3) is 0 Å². The second-order valence-corrected chi connectivity index (χ2v) is 7.79. The van der Waals surface area contributed by atoms with Crippen molar-refractivity contribution in [3.63, 3.8) is 0 Å². The van der Waals surface area contributed by atoms with Crippen molar-refractivity contribution in [2.45, 2.75) is 43.9 Å². The topological polar surface area (TPSA) is 44.4 Å². The molecule has 2 fully saturated rings. The Balaban J connectivity index is 1.57. The first-order chi connectivity index (χ1) is 12.2. The molecule has 0 atom stereocenters. The highest BCUT2D eigenvalue weighted by molar-refractivity contribution is 6.30. The van der Waals surface area contributed by atoms with E-state index in [1.807, 2.05) is 24.3 Å². The van der Waals surface area contributed by atoms with Crippen LogP contribution in [0.15, 0.2) is 24.3 Å². The Kier molecular flexibility index (Phi) is 6.74. The summed E-state index contributed by atoms with van der Waals surface area (Å²) in [7, 11) is 0. The van der Waals surface area contributed by atoms with Crippen LogP contribution in [0.4, 0.5) is 0 Å². The fourth-order valence-electron chi connectivity index (χ4n) is 4.18. The molecule has 1 heterocycles. The lowest BCUT2D eigenvalue weighted by Crippen LogP contribution is -2.47. The average Bonchev–Trinajstić information content (AvgIpc) is 2.67. The number of rotatable bonds is 6. The molecule has 1 saturated heterocycles. The van der Waals surface area contributed by atoms with E-state index in [-0.39, 0.29) is 11.3 Å². The monoisotopic (exact) mass is 363 g/mol. The highest BCUT2D eigenvalue weighted by Gasteiger charge is 2.40. The second-order valence-electron chi connectivity index (χ2n) is 7.35. The summed E-state index contributed by atoms with van der Waals surface area (Å²) in [6.07, 6.45) is 6.37. The number of piperazine rings is 1. The molecule has 4 nitrogen and oxygen atoms in total. The van der Waals surface area contributed by atoms with Gasteiger partial charge in [-0.3, -0.25) is 4.79 Å². The average molecular weight is 364 g/mol. The lowest BCUT2D eigenvalue weighted by molar-refractivity contribution is -0.128. The normalized spacial score (nSPS) is 21.0. The van der Waals surface area contributed by atoms with Crippen molar-refractivity contribution in [2.24, 2.45) is 0 Å². The van der Waals surface area contributed by atoms with Gasteiger partial charge in [0, 0.05) is 37.7 Å². The minimum atomic E-state index is -0.363. The molecule has 1 amide bonds. The molecule has 3 rings (SSSR count). The minimum Gasteiger partial charge on any atom is -0.355 e. The summed E-state index contributed by atoms with van der Waals surface area (Å²) in [6, 6.07) is 7.89. The highest BCUT2D eigenvalue weighted by Crippen LogP contribution is 2.40. The molecule has 1 saturated carbocycles. The molecule has 0 spiro atoms. The van der Waals surface area contributed by atoms with E-state index in [1.165, 1.54) is 6.42 Å². The van der Waals surface area contributed by atoms with E-state index in [4.69, 9.17) is 11.6 Å². The number of hydrogen-bond donors (Lipinski definition) is 2. The van der Waals surface area contributed by atoms with Crippen LogP contribution in [0.1, 0.15) is 44.1 Å². The Morgan fingerprint density at radius 3 is 2.48 bits per heavy atom. The standard InChI is InChI=1S/C20H30ClN3O/c21-18-7-5-17(6-8-18)20(9-2-1-3-10-20)19(25)23-11-4-14-24-15-12-22-13-16-24/h5-8,22H,1-4,9-16H2,(H,23,25). The third-order valence-corrected chi connectivity index (χ3v) is 5.94. The molecule has 1 aliphatic heterocycles. The predicted molar refractivity (Wildman–Crippen MR) is 103 cm³/mol. The summed E-state index contributed by atoms with van der Waals surface area (Å²) in [6.45, 7) is 6.21. The molecular formula is C20H30ClN3O. The van der Waals surface area contributed by atoms with E-state index in [0.29, 0.717) is 0 Å². The smallest absolute Gasteiger partial charge is 0.230 e. The number of halogens is 1. The predicted octanol–water partition coefficient (Wildman–Crippen LogP) is 2.95. The first-order valence-electron chi connectivity index (χ1n) is 9.68. The van der Waals surface area contributed by atoms with E-state index >= 15 is 0 Å². The van der Waals surface area contributed by atoms with Gasteiger partial charge in [0.15, 0.2) is 0 Å². The molecule has 1 aromatic rings. The molecule has 25 heavy (non-hydrogen) atoms. The van der Waals surface area contributed by atoms with Gasteiger partial charge in [-0.05, 0) is 43.5 Å². The SMILES string of the molecule is O=C(NCCCN1CCNCC1)C1(c2ccc(Cl)cc2)CCCCC1. The fourth-order valence-corrected chi connectivity index (χ4v) is 4.31. The third kappa shape index (κ3) is 4.75. The quantitative estimate of drug-likeness (QED) is 0.764. The summed E-state index contributed by atoms with van der Waals surface area (Å²) < 4.78 is 0. The molecule has 1 aliphatic carbocycles. The van der Waals surface area contributed by atoms with Gasteiger partial charge in [-0.1, -0.05) is 43.0 Å². The lowest BCUT2D eigenvalue weighted by atomic mass is 9.68. The molecule has 0 bridgehead atoms. The molecule has 0 radical (unpaired) electrons. The van der Waals surface area contributed by atoms with E-state index in [9.17, 15) is 4.79 Å². The molecule has 0 aromatic heterocycles. The van der Waals surface area contributed by atoms with Crippen LogP contribution in [0.3, 0.4) is 0 Å². The zero-order chi connectivity index (χ0) is 17.5. The van der Waals surface area contributed by atoms with Gasteiger partial charge in [-0.15, -0.1) is 0 Å². The van der Waals surface area contributed by atoms with Gasteiger partial charge in [-0.25, -0.2) is 0 Å². The fraction of sp³-hybridized carbons (Fsp3) is 0.650. The van der Waals surface area contributed by atoms with Crippen molar-refractivity contribution in [3.8, 4) is 0 Å². The van der Waals surface area contributed by atoms with Crippen LogP contribution in [0.5, 0.6) is 0 Å². The van der Waals surface area contributed by atoms with Crippen LogP contribution < -0.4 is 10.6 Å². The van der Waals surface area contributed by atoms with Gasteiger partial charge in [0.2, 0.25) is 5.91 Å². The van der Waals surface area contributed by atoms with Crippen molar-refractivity contribution in [1.82, 2.24) is 15.5 Å². The number of carbonyl (C=O) groups excluding carboxylic acids is 1. The molecular weight excluding hydrogens is 334 g/mol. The summed E-state index contributed by atoms with van der Waals surface area (Å²) in [5.41, 5.74) is 0.758. The first-order valence-corrected chi connectivity index (χ1v) is 10.1. The van der Waals surface area contributed by atoms with E-state index in [0.717, 1.165) is 82.0 Å².